The van der Waals surface area contributed by atoms with E-state index in [-0.39, 0.29) is 11.5 Å². The summed E-state index contributed by atoms with van der Waals surface area (Å²) in [5.74, 6) is -0.388. The molecule has 0 bridgehead atoms. The average molecular weight is 287 g/mol. The van der Waals surface area contributed by atoms with E-state index in [2.05, 4.69) is 20.5 Å². The normalized spacial score (nSPS) is 11.0. The molecule has 0 unspecified atom stereocenters. The van der Waals surface area contributed by atoms with Gasteiger partial charge in [-0.15, -0.1) is 0 Å². The summed E-state index contributed by atoms with van der Waals surface area (Å²) >= 11 is 0. The fourth-order valence-corrected chi connectivity index (χ4v) is 1.60. The van der Waals surface area contributed by atoms with E-state index in [4.69, 9.17) is 5.26 Å². The van der Waals surface area contributed by atoms with Crippen LogP contribution in [0.4, 0.5) is 0 Å². The second-order valence-electron chi connectivity index (χ2n) is 4.82. The predicted molar refractivity (Wildman–Crippen MR) is 81.0 cm³/mol. The lowest BCUT2D eigenvalue weighted by molar-refractivity contribution is -0.117. The lowest BCUT2D eigenvalue weighted by Gasteiger charge is -2.09. The molecule has 1 rings (SSSR count). The maximum absolute atomic E-state index is 11.8. The average Bonchev–Trinajstić information content (AvgIpc) is 2.49. The van der Waals surface area contributed by atoms with Crippen molar-refractivity contribution in [3.63, 3.8) is 0 Å². The first-order chi connectivity index (χ1) is 10.1. The number of hydrogen-bond acceptors (Lipinski definition) is 5. The summed E-state index contributed by atoms with van der Waals surface area (Å²) in [7, 11) is 4.00. The van der Waals surface area contributed by atoms with Crippen molar-refractivity contribution in [3.8, 4) is 6.07 Å². The first-order valence-corrected chi connectivity index (χ1v) is 6.79. The van der Waals surface area contributed by atoms with Gasteiger partial charge in [0, 0.05) is 31.7 Å². The largest absolute Gasteiger partial charge is 0.390 e. The second kappa shape index (κ2) is 9.50. The summed E-state index contributed by atoms with van der Waals surface area (Å²) in [6, 6.07) is 5.56. The van der Waals surface area contributed by atoms with E-state index in [1.54, 1.807) is 18.5 Å². The van der Waals surface area contributed by atoms with Crippen LogP contribution in [0.25, 0.3) is 0 Å². The molecular formula is C15H21N5O. The highest BCUT2D eigenvalue weighted by Gasteiger charge is 2.07. The van der Waals surface area contributed by atoms with Gasteiger partial charge in [-0.1, -0.05) is 6.07 Å². The fourth-order valence-electron chi connectivity index (χ4n) is 1.60. The Morgan fingerprint density at radius 1 is 1.52 bits per heavy atom. The zero-order chi connectivity index (χ0) is 15.5. The quantitative estimate of drug-likeness (QED) is 0.417. The molecule has 0 saturated carbocycles. The molecule has 6 heteroatoms. The summed E-state index contributed by atoms with van der Waals surface area (Å²) in [5.41, 5.74) is 0.964. The van der Waals surface area contributed by atoms with Crippen LogP contribution in [0.1, 0.15) is 12.0 Å². The van der Waals surface area contributed by atoms with E-state index in [9.17, 15) is 4.79 Å². The zero-order valence-electron chi connectivity index (χ0n) is 12.5. The summed E-state index contributed by atoms with van der Waals surface area (Å²) < 4.78 is 0. The van der Waals surface area contributed by atoms with Crippen molar-refractivity contribution in [2.75, 3.05) is 27.2 Å². The van der Waals surface area contributed by atoms with E-state index >= 15 is 0 Å². The second-order valence-corrected chi connectivity index (χ2v) is 4.82. The topological polar surface area (TPSA) is 81.0 Å². The fraction of sp³-hybridized carbons (Fsp3) is 0.400. The molecule has 0 aliphatic carbocycles. The highest BCUT2D eigenvalue weighted by Crippen LogP contribution is 1.97. The SMILES string of the molecule is CN(C)CCCN/C=C(/C#N)C(=O)NCc1cccnc1. The minimum atomic E-state index is -0.388. The molecular weight excluding hydrogens is 266 g/mol. The van der Waals surface area contributed by atoms with Gasteiger partial charge in [0.2, 0.25) is 0 Å². The third-order valence-corrected chi connectivity index (χ3v) is 2.71. The van der Waals surface area contributed by atoms with Gasteiger partial charge < -0.3 is 15.5 Å². The molecule has 1 aromatic rings. The molecule has 0 aliphatic rings. The molecule has 112 valence electrons. The number of carbonyl (C=O) groups is 1. The number of nitrogens with one attached hydrogen (secondary N) is 2. The van der Waals surface area contributed by atoms with E-state index in [0.717, 1.165) is 25.1 Å². The number of hydrogen-bond donors (Lipinski definition) is 2. The van der Waals surface area contributed by atoms with Gasteiger partial charge in [-0.25, -0.2) is 0 Å². The smallest absolute Gasteiger partial charge is 0.263 e. The molecule has 6 nitrogen and oxygen atoms in total. The number of pyridine rings is 1. The Morgan fingerprint density at radius 2 is 2.33 bits per heavy atom. The maximum Gasteiger partial charge on any atom is 0.263 e. The molecule has 0 atom stereocenters. The number of aromatic nitrogens is 1. The molecule has 0 spiro atoms. The van der Waals surface area contributed by atoms with Crippen LogP contribution >= 0.6 is 0 Å². The van der Waals surface area contributed by atoms with E-state index in [1.807, 2.05) is 26.2 Å². The summed E-state index contributed by atoms with van der Waals surface area (Å²) in [5, 5.41) is 14.7. The van der Waals surface area contributed by atoms with Crippen LogP contribution in [0.2, 0.25) is 0 Å². The van der Waals surface area contributed by atoms with Crippen LogP contribution in [0.5, 0.6) is 0 Å². The van der Waals surface area contributed by atoms with Crippen molar-refractivity contribution in [2.24, 2.45) is 0 Å². The molecule has 0 saturated heterocycles. The van der Waals surface area contributed by atoms with Crippen LogP contribution in [0.15, 0.2) is 36.3 Å². The monoisotopic (exact) mass is 287 g/mol. The number of nitriles is 1. The molecule has 0 radical (unpaired) electrons. The van der Waals surface area contributed by atoms with Crippen molar-refractivity contribution >= 4 is 5.91 Å². The van der Waals surface area contributed by atoms with Crippen LogP contribution in [-0.4, -0.2) is 43.0 Å². The van der Waals surface area contributed by atoms with E-state index in [1.165, 1.54) is 6.20 Å². The van der Waals surface area contributed by atoms with E-state index in [0.29, 0.717) is 6.54 Å². The van der Waals surface area contributed by atoms with Crippen LogP contribution in [0, 0.1) is 11.3 Å². The zero-order valence-corrected chi connectivity index (χ0v) is 12.5. The lowest BCUT2D eigenvalue weighted by Crippen LogP contribution is -2.25. The minimum absolute atomic E-state index is 0.0729. The molecule has 1 amide bonds. The first kappa shape index (κ1) is 16.7. The standard InChI is InChI=1S/C15H21N5O/c1-20(2)8-4-7-18-12-14(9-16)15(21)19-11-13-5-3-6-17-10-13/h3,5-6,10,12,18H,4,7-8,11H2,1-2H3,(H,19,21)/b14-12-. The molecule has 1 aromatic heterocycles. The Bertz CT molecular complexity index is 505. The Hall–Kier alpha value is -2.39. The van der Waals surface area contributed by atoms with Gasteiger partial charge in [-0.2, -0.15) is 5.26 Å². The molecule has 2 N–H and O–H groups in total. The van der Waals surface area contributed by atoms with Gasteiger partial charge in [0.25, 0.3) is 5.91 Å². The summed E-state index contributed by atoms with van der Waals surface area (Å²) in [6.07, 6.45) is 5.76. The number of rotatable bonds is 8. The molecule has 21 heavy (non-hydrogen) atoms. The van der Waals surface area contributed by atoms with Crippen molar-refractivity contribution in [1.82, 2.24) is 20.5 Å². The van der Waals surface area contributed by atoms with Gasteiger partial charge in [0.15, 0.2) is 0 Å². The van der Waals surface area contributed by atoms with Crippen molar-refractivity contribution in [2.45, 2.75) is 13.0 Å². The Labute approximate surface area is 125 Å². The van der Waals surface area contributed by atoms with Crippen molar-refractivity contribution < 1.29 is 4.79 Å². The third kappa shape index (κ3) is 7.09. The minimum Gasteiger partial charge on any atom is -0.390 e. The van der Waals surface area contributed by atoms with Gasteiger partial charge in [-0.3, -0.25) is 9.78 Å². The Balaban J connectivity index is 2.37. The Morgan fingerprint density at radius 3 is 2.95 bits per heavy atom. The lowest BCUT2D eigenvalue weighted by atomic mass is 10.2. The number of amides is 1. The van der Waals surface area contributed by atoms with Crippen LogP contribution in [-0.2, 0) is 11.3 Å². The summed E-state index contributed by atoms with van der Waals surface area (Å²) in [6.45, 7) is 2.03. The molecule has 1 heterocycles. The highest BCUT2D eigenvalue weighted by atomic mass is 16.1. The Kier molecular flexibility index (Phi) is 7.54. The van der Waals surface area contributed by atoms with Crippen LogP contribution in [0.3, 0.4) is 0 Å². The van der Waals surface area contributed by atoms with Gasteiger partial charge >= 0.3 is 0 Å². The summed E-state index contributed by atoms with van der Waals surface area (Å²) in [4.78, 5) is 17.9. The number of carbonyl (C=O) groups excluding carboxylic acids is 1. The molecule has 0 aromatic carbocycles. The molecule has 0 fully saturated rings. The van der Waals surface area contributed by atoms with Crippen LogP contribution < -0.4 is 10.6 Å². The first-order valence-electron chi connectivity index (χ1n) is 6.79. The van der Waals surface area contributed by atoms with Gasteiger partial charge in [-0.05, 0) is 38.7 Å². The maximum atomic E-state index is 11.8. The third-order valence-electron chi connectivity index (χ3n) is 2.71. The van der Waals surface area contributed by atoms with E-state index < -0.39 is 0 Å². The number of nitrogens with zero attached hydrogens (tertiary/aromatic N) is 3. The van der Waals surface area contributed by atoms with Gasteiger partial charge in [0.05, 0.1) is 0 Å². The highest BCUT2D eigenvalue weighted by molar-refractivity contribution is 5.97. The van der Waals surface area contributed by atoms with Crippen molar-refractivity contribution in [1.29, 1.82) is 5.26 Å². The van der Waals surface area contributed by atoms with Gasteiger partial charge in [0.1, 0.15) is 11.6 Å². The van der Waals surface area contributed by atoms with Crippen molar-refractivity contribution in [3.05, 3.63) is 41.9 Å². The molecule has 0 aliphatic heterocycles. The predicted octanol–water partition coefficient (Wildman–Crippen LogP) is 0.647.